The van der Waals surface area contributed by atoms with Gasteiger partial charge < -0.3 is 10.2 Å². The molecule has 0 fully saturated rings. The van der Waals surface area contributed by atoms with E-state index in [1.165, 1.54) is 23.5 Å². The number of hydrogen-bond donors (Lipinski definition) is 2. The summed E-state index contributed by atoms with van der Waals surface area (Å²) >= 11 is 5.75. The van der Waals surface area contributed by atoms with E-state index in [9.17, 15) is 10.2 Å². The standard InChI is InChI=1S/C11H9ClN4O2/c12-6-1-2-7(15-5-6)16-10(17)8-9(11(16)18)14-4-3-13-8/h1-5,10-11,17-18H. The van der Waals surface area contributed by atoms with Crippen LogP contribution in [0.25, 0.3) is 0 Å². The van der Waals surface area contributed by atoms with E-state index in [2.05, 4.69) is 15.0 Å². The van der Waals surface area contributed by atoms with Gasteiger partial charge in [-0.1, -0.05) is 11.6 Å². The molecule has 1 aliphatic heterocycles. The highest BCUT2D eigenvalue weighted by Gasteiger charge is 2.39. The van der Waals surface area contributed by atoms with E-state index >= 15 is 0 Å². The molecule has 0 amide bonds. The molecule has 0 aliphatic carbocycles. The average molecular weight is 265 g/mol. The van der Waals surface area contributed by atoms with E-state index in [1.54, 1.807) is 12.1 Å². The smallest absolute Gasteiger partial charge is 0.176 e. The van der Waals surface area contributed by atoms with Gasteiger partial charge in [-0.05, 0) is 12.1 Å². The summed E-state index contributed by atoms with van der Waals surface area (Å²) in [6.07, 6.45) is 2.23. The molecule has 2 N–H and O–H groups in total. The van der Waals surface area contributed by atoms with E-state index in [4.69, 9.17) is 11.6 Å². The summed E-state index contributed by atoms with van der Waals surface area (Å²) in [6.45, 7) is 0. The molecular weight excluding hydrogens is 256 g/mol. The van der Waals surface area contributed by atoms with Crippen LogP contribution in [-0.2, 0) is 0 Å². The minimum absolute atomic E-state index is 0.335. The van der Waals surface area contributed by atoms with Crippen molar-refractivity contribution in [1.82, 2.24) is 15.0 Å². The Balaban J connectivity index is 2.03. The summed E-state index contributed by atoms with van der Waals surface area (Å²) in [6, 6.07) is 3.24. The zero-order valence-corrected chi connectivity index (χ0v) is 9.86. The molecule has 0 spiro atoms. The Kier molecular flexibility index (Phi) is 2.62. The molecule has 0 bridgehead atoms. The summed E-state index contributed by atoms with van der Waals surface area (Å²) in [4.78, 5) is 13.4. The van der Waals surface area contributed by atoms with Gasteiger partial charge in [-0.15, -0.1) is 0 Å². The molecule has 18 heavy (non-hydrogen) atoms. The molecule has 0 saturated heterocycles. The molecule has 92 valence electrons. The van der Waals surface area contributed by atoms with Crippen LogP contribution >= 0.6 is 11.6 Å². The Morgan fingerprint density at radius 3 is 2.11 bits per heavy atom. The molecule has 2 aromatic heterocycles. The first-order valence-corrected chi connectivity index (χ1v) is 5.63. The summed E-state index contributed by atoms with van der Waals surface area (Å²) in [5.74, 6) is 0.402. The molecule has 1 aliphatic rings. The van der Waals surface area contributed by atoms with Gasteiger partial charge in [0.25, 0.3) is 0 Å². The van der Waals surface area contributed by atoms with Crippen LogP contribution in [0.5, 0.6) is 0 Å². The predicted octanol–water partition coefficient (Wildman–Crippen LogP) is 1.03. The fraction of sp³-hybridized carbons (Fsp3) is 0.182. The van der Waals surface area contributed by atoms with Crippen LogP contribution in [0.3, 0.4) is 0 Å². The van der Waals surface area contributed by atoms with Gasteiger partial charge >= 0.3 is 0 Å². The molecule has 0 saturated carbocycles. The molecule has 7 heteroatoms. The first kappa shape index (κ1) is 11.3. The Bertz CT molecular complexity index is 549. The molecule has 3 heterocycles. The normalized spacial score (nSPS) is 22.1. The summed E-state index contributed by atoms with van der Waals surface area (Å²) in [7, 11) is 0. The Morgan fingerprint density at radius 2 is 1.61 bits per heavy atom. The topological polar surface area (TPSA) is 82.4 Å². The quantitative estimate of drug-likeness (QED) is 0.800. The van der Waals surface area contributed by atoms with E-state index in [0.717, 1.165) is 0 Å². The van der Waals surface area contributed by atoms with E-state index < -0.39 is 12.5 Å². The number of aromatic nitrogens is 3. The third-order valence-electron chi connectivity index (χ3n) is 2.75. The maximum absolute atomic E-state index is 10.1. The number of fused-ring (bicyclic) bond motifs is 1. The van der Waals surface area contributed by atoms with Gasteiger partial charge in [0.1, 0.15) is 17.2 Å². The van der Waals surface area contributed by atoms with Crippen LogP contribution in [0.1, 0.15) is 23.8 Å². The second kappa shape index (κ2) is 4.16. The van der Waals surface area contributed by atoms with Crippen LogP contribution in [0, 0.1) is 0 Å². The zero-order valence-electron chi connectivity index (χ0n) is 9.10. The number of aliphatic hydroxyl groups excluding tert-OH is 2. The largest absolute Gasteiger partial charge is 0.368 e. The molecule has 6 nitrogen and oxygen atoms in total. The Labute approximate surface area is 108 Å². The van der Waals surface area contributed by atoms with Crippen LogP contribution in [-0.4, -0.2) is 25.2 Å². The third-order valence-corrected chi connectivity index (χ3v) is 2.97. The van der Waals surface area contributed by atoms with Crippen molar-refractivity contribution >= 4 is 17.4 Å². The number of aliphatic hydroxyl groups is 2. The van der Waals surface area contributed by atoms with E-state index in [0.29, 0.717) is 22.2 Å². The second-order valence-corrected chi connectivity index (χ2v) is 4.25. The van der Waals surface area contributed by atoms with Gasteiger partial charge in [-0.3, -0.25) is 14.9 Å². The highest BCUT2D eigenvalue weighted by atomic mass is 35.5. The molecule has 3 rings (SSSR count). The van der Waals surface area contributed by atoms with Crippen molar-refractivity contribution in [3.63, 3.8) is 0 Å². The van der Waals surface area contributed by atoms with E-state index in [-0.39, 0.29) is 0 Å². The van der Waals surface area contributed by atoms with Crippen molar-refractivity contribution in [2.24, 2.45) is 0 Å². The molecule has 0 aromatic carbocycles. The molecule has 0 radical (unpaired) electrons. The first-order chi connectivity index (χ1) is 8.68. The van der Waals surface area contributed by atoms with Crippen molar-refractivity contribution in [2.45, 2.75) is 12.5 Å². The van der Waals surface area contributed by atoms with Crippen LogP contribution in [0.2, 0.25) is 5.02 Å². The van der Waals surface area contributed by atoms with Crippen LogP contribution < -0.4 is 4.90 Å². The maximum Gasteiger partial charge on any atom is 0.176 e. The summed E-state index contributed by atoms with van der Waals surface area (Å²) in [5.41, 5.74) is 0.670. The average Bonchev–Trinajstić information content (AvgIpc) is 2.64. The van der Waals surface area contributed by atoms with Gasteiger partial charge in [0.2, 0.25) is 0 Å². The lowest BCUT2D eigenvalue weighted by Crippen LogP contribution is -2.26. The number of pyridine rings is 1. The summed E-state index contributed by atoms with van der Waals surface area (Å²) in [5, 5.41) is 20.7. The van der Waals surface area contributed by atoms with Gasteiger partial charge in [0.05, 0.1) is 5.02 Å². The monoisotopic (exact) mass is 264 g/mol. The van der Waals surface area contributed by atoms with Gasteiger partial charge in [-0.2, -0.15) is 0 Å². The van der Waals surface area contributed by atoms with Gasteiger partial charge in [0, 0.05) is 18.6 Å². The Morgan fingerprint density at radius 1 is 1.00 bits per heavy atom. The van der Waals surface area contributed by atoms with Crippen molar-refractivity contribution in [3.05, 3.63) is 47.1 Å². The highest BCUT2D eigenvalue weighted by molar-refractivity contribution is 6.30. The number of nitrogens with zero attached hydrogens (tertiary/aromatic N) is 4. The highest BCUT2D eigenvalue weighted by Crippen LogP contribution is 2.39. The van der Waals surface area contributed by atoms with Crippen molar-refractivity contribution in [3.8, 4) is 0 Å². The number of hydrogen-bond acceptors (Lipinski definition) is 6. The lowest BCUT2D eigenvalue weighted by Gasteiger charge is -2.24. The lowest BCUT2D eigenvalue weighted by molar-refractivity contribution is 0.106. The van der Waals surface area contributed by atoms with Crippen molar-refractivity contribution in [1.29, 1.82) is 0 Å². The van der Waals surface area contributed by atoms with Crippen LogP contribution in [0.15, 0.2) is 30.7 Å². The Hall–Kier alpha value is -1.76. The minimum atomic E-state index is -1.07. The van der Waals surface area contributed by atoms with Gasteiger partial charge in [-0.25, -0.2) is 4.98 Å². The molecule has 2 atom stereocenters. The number of halogens is 1. The van der Waals surface area contributed by atoms with Gasteiger partial charge in [0.15, 0.2) is 12.5 Å². The second-order valence-electron chi connectivity index (χ2n) is 3.82. The van der Waals surface area contributed by atoms with E-state index in [1.807, 2.05) is 0 Å². The number of anilines is 1. The van der Waals surface area contributed by atoms with Crippen molar-refractivity contribution in [2.75, 3.05) is 4.90 Å². The lowest BCUT2D eigenvalue weighted by atomic mass is 10.3. The first-order valence-electron chi connectivity index (χ1n) is 5.25. The summed E-state index contributed by atoms with van der Waals surface area (Å²) < 4.78 is 0. The van der Waals surface area contributed by atoms with Crippen LogP contribution in [0.4, 0.5) is 5.82 Å². The molecule has 2 unspecified atom stereocenters. The fourth-order valence-electron chi connectivity index (χ4n) is 1.93. The minimum Gasteiger partial charge on any atom is -0.368 e. The number of rotatable bonds is 1. The molecule has 2 aromatic rings. The SMILES string of the molecule is OC1c2nccnc2C(O)N1c1ccc(Cl)cn1. The fourth-order valence-corrected chi connectivity index (χ4v) is 2.04. The molecular formula is C11H9ClN4O2. The van der Waals surface area contributed by atoms with Crippen molar-refractivity contribution < 1.29 is 10.2 Å². The maximum atomic E-state index is 10.1. The third kappa shape index (κ3) is 1.62. The zero-order chi connectivity index (χ0) is 12.7. The predicted molar refractivity (Wildman–Crippen MR) is 63.7 cm³/mol.